The summed E-state index contributed by atoms with van der Waals surface area (Å²) in [7, 11) is 0. The van der Waals surface area contributed by atoms with E-state index in [1.807, 2.05) is 6.92 Å². The summed E-state index contributed by atoms with van der Waals surface area (Å²) in [6.45, 7) is 4.38. The van der Waals surface area contributed by atoms with Gasteiger partial charge in [0.2, 0.25) is 11.8 Å². The van der Waals surface area contributed by atoms with Gasteiger partial charge in [-0.05, 0) is 44.9 Å². The Morgan fingerprint density at radius 2 is 1.19 bits per heavy atom. The summed E-state index contributed by atoms with van der Waals surface area (Å²) >= 11 is 0. The highest BCUT2D eigenvalue weighted by molar-refractivity contribution is 5.81. The molecule has 0 unspecified atom stereocenters. The number of carboxylic acid groups (broad SMARTS) is 1. The van der Waals surface area contributed by atoms with Crippen molar-refractivity contribution in [2.75, 3.05) is 39.5 Å². The number of unbranched alkanes of at least 4 members (excludes halogenated alkanes) is 12. The number of hydrogen-bond donors (Lipinski definition) is 4. The summed E-state index contributed by atoms with van der Waals surface area (Å²) < 4.78 is 10.8. The molecule has 0 saturated heterocycles. The van der Waals surface area contributed by atoms with Gasteiger partial charge in [0.1, 0.15) is 12.4 Å². The molecule has 0 radical (unpaired) electrons. The summed E-state index contributed by atoms with van der Waals surface area (Å²) in [6.07, 6.45) is 18.9. The van der Waals surface area contributed by atoms with Crippen LogP contribution in [0.2, 0.25) is 0 Å². The van der Waals surface area contributed by atoms with E-state index in [0.29, 0.717) is 70.8 Å². The maximum Gasteiger partial charge on any atom is 0.303 e. The Bertz CT molecular complexity index is 691. The third-order valence-electron chi connectivity index (χ3n) is 7.10. The number of amides is 2. The van der Waals surface area contributed by atoms with Crippen LogP contribution in [0.3, 0.4) is 0 Å². The van der Waals surface area contributed by atoms with E-state index in [9.17, 15) is 19.2 Å². The lowest BCUT2D eigenvalue weighted by Crippen LogP contribution is -2.40. The van der Waals surface area contributed by atoms with E-state index in [2.05, 4.69) is 10.6 Å². The zero-order valence-electron chi connectivity index (χ0n) is 26.4. The number of carbonyl (C=O) groups is 4. The molecule has 10 heteroatoms. The molecule has 2 amide bonds. The fraction of sp³-hybridized carbons (Fsp3) is 0.875. The monoisotopic (exact) mass is 599 g/mol. The lowest BCUT2D eigenvalue weighted by molar-refractivity contribution is -0.137. The van der Waals surface area contributed by atoms with Crippen LogP contribution < -0.4 is 16.4 Å². The van der Waals surface area contributed by atoms with Crippen LogP contribution in [-0.4, -0.2) is 74.2 Å². The Morgan fingerprint density at radius 3 is 1.79 bits per heavy atom. The van der Waals surface area contributed by atoms with Gasteiger partial charge in [0.05, 0.1) is 19.3 Å². The SMILES string of the molecule is CCCNC(=O)[C@@H](N)CCCCNC(=O)COCCOCCCC(=O)CCCCCCCCCCCCCCC(=O)O. The minimum atomic E-state index is -0.693. The molecule has 42 heavy (non-hydrogen) atoms. The summed E-state index contributed by atoms with van der Waals surface area (Å²) in [6, 6.07) is -0.503. The third kappa shape index (κ3) is 29.5. The average molecular weight is 600 g/mol. The normalized spacial score (nSPS) is 11.8. The molecule has 0 aromatic heterocycles. The molecule has 0 spiro atoms. The van der Waals surface area contributed by atoms with Gasteiger partial charge in [0.25, 0.3) is 0 Å². The van der Waals surface area contributed by atoms with Gasteiger partial charge in [-0.3, -0.25) is 19.2 Å². The smallest absolute Gasteiger partial charge is 0.303 e. The molecule has 10 nitrogen and oxygen atoms in total. The van der Waals surface area contributed by atoms with E-state index >= 15 is 0 Å². The van der Waals surface area contributed by atoms with Crippen molar-refractivity contribution in [3.05, 3.63) is 0 Å². The van der Waals surface area contributed by atoms with Gasteiger partial charge in [0.15, 0.2) is 0 Å². The third-order valence-corrected chi connectivity index (χ3v) is 7.10. The number of carbonyl (C=O) groups excluding carboxylic acids is 3. The molecule has 246 valence electrons. The Hall–Kier alpha value is -2.04. The van der Waals surface area contributed by atoms with Crippen molar-refractivity contribution in [2.24, 2.45) is 5.73 Å². The number of Topliss-reactive ketones (excluding diaryl/α,β-unsaturated/α-hetero) is 1. The van der Waals surface area contributed by atoms with Gasteiger partial charge in [0, 0.05) is 39.0 Å². The predicted octanol–water partition coefficient (Wildman–Crippen LogP) is 5.05. The highest BCUT2D eigenvalue weighted by atomic mass is 16.5. The van der Waals surface area contributed by atoms with Gasteiger partial charge in [-0.25, -0.2) is 0 Å². The second kappa shape index (κ2) is 30.4. The Labute approximate surface area is 254 Å². The number of aliphatic carboxylic acids is 1. The number of hydrogen-bond acceptors (Lipinski definition) is 7. The second-order valence-corrected chi connectivity index (χ2v) is 11.2. The van der Waals surface area contributed by atoms with Gasteiger partial charge >= 0.3 is 5.97 Å². The van der Waals surface area contributed by atoms with E-state index in [1.165, 1.54) is 44.9 Å². The Balaban J connectivity index is 3.35. The van der Waals surface area contributed by atoms with Crippen molar-refractivity contribution in [1.82, 2.24) is 10.6 Å². The van der Waals surface area contributed by atoms with Crippen LogP contribution in [0.15, 0.2) is 0 Å². The molecule has 5 N–H and O–H groups in total. The van der Waals surface area contributed by atoms with Crippen LogP contribution in [0.25, 0.3) is 0 Å². The van der Waals surface area contributed by atoms with Crippen LogP contribution in [0, 0.1) is 0 Å². The standard InChI is InChI=1S/C32H61N3O7/c1-2-22-35-32(40)29(33)20-15-16-23-34-30(37)27-42-26-25-41-24-17-19-28(36)18-13-11-9-7-5-3-4-6-8-10-12-14-21-31(38)39/h29H,2-27,33H2,1H3,(H,34,37)(H,35,40)(H,38,39)/t29-/m0/s1. The van der Waals surface area contributed by atoms with Crippen molar-refractivity contribution in [3.63, 3.8) is 0 Å². The van der Waals surface area contributed by atoms with Crippen LogP contribution >= 0.6 is 0 Å². The molecule has 0 aliphatic rings. The maximum atomic E-state index is 12.0. The van der Waals surface area contributed by atoms with Crippen molar-refractivity contribution < 1.29 is 33.8 Å². The molecule has 0 fully saturated rings. The minimum absolute atomic E-state index is 0.0155. The maximum absolute atomic E-state index is 12.0. The first-order valence-electron chi connectivity index (χ1n) is 16.6. The first-order valence-corrected chi connectivity index (χ1v) is 16.6. The highest BCUT2D eigenvalue weighted by Crippen LogP contribution is 2.13. The number of ether oxygens (including phenoxy) is 2. The largest absolute Gasteiger partial charge is 0.481 e. The molecule has 0 aromatic carbocycles. The van der Waals surface area contributed by atoms with E-state index in [1.54, 1.807) is 0 Å². The van der Waals surface area contributed by atoms with Gasteiger partial charge in [-0.1, -0.05) is 71.1 Å². The number of carboxylic acids is 1. The van der Waals surface area contributed by atoms with E-state index in [4.69, 9.17) is 20.3 Å². The fourth-order valence-corrected chi connectivity index (χ4v) is 4.53. The van der Waals surface area contributed by atoms with Crippen molar-refractivity contribution in [1.29, 1.82) is 0 Å². The zero-order chi connectivity index (χ0) is 31.1. The number of nitrogens with two attached hydrogens (primary N) is 1. The average Bonchev–Trinajstić information content (AvgIpc) is 2.96. The summed E-state index contributed by atoms with van der Waals surface area (Å²) in [5, 5.41) is 14.2. The van der Waals surface area contributed by atoms with Crippen LogP contribution in [0.1, 0.15) is 135 Å². The number of rotatable bonds is 32. The molecule has 0 heterocycles. The van der Waals surface area contributed by atoms with Gasteiger partial charge in [-0.2, -0.15) is 0 Å². The molecular formula is C32H61N3O7. The molecule has 0 saturated carbocycles. The molecule has 0 aliphatic carbocycles. The Morgan fingerprint density at radius 1 is 0.643 bits per heavy atom. The summed E-state index contributed by atoms with van der Waals surface area (Å²) in [5.74, 6) is -0.689. The number of ketones is 1. The minimum Gasteiger partial charge on any atom is -0.481 e. The van der Waals surface area contributed by atoms with Crippen LogP contribution in [0.5, 0.6) is 0 Å². The zero-order valence-corrected chi connectivity index (χ0v) is 26.4. The first kappa shape index (κ1) is 40.0. The quantitative estimate of drug-likeness (QED) is 0.0782. The molecule has 0 bridgehead atoms. The second-order valence-electron chi connectivity index (χ2n) is 11.2. The van der Waals surface area contributed by atoms with Crippen molar-refractivity contribution in [3.8, 4) is 0 Å². The lowest BCUT2D eigenvalue weighted by Gasteiger charge is -2.11. The summed E-state index contributed by atoms with van der Waals surface area (Å²) in [4.78, 5) is 46.0. The molecule has 0 rings (SSSR count). The van der Waals surface area contributed by atoms with Crippen LogP contribution in [-0.2, 0) is 28.7 Å². The lowest BCUT2D eigenvalue weighted by atomic mass is 10.0. The Kier molecular flexibility index (Phi) is 28.9. The van der Waals surface area contributed by atoms with Crippen LogP contribution in [0.4, 0.5) is 0 Å². The van der Waals surface area contributed by atoms with E-state index in [0.717, 1.165) is 51.4 Å². The fourth-order valence-electron chi connectivity index (χ4n) is 4.53. The van der Waals surface area contributed by atoms with Gasteiger partial charge in [-0.15, -0.1) is 0 Å². The first-order chi connectivity index (χ1) is 20.4. The molecule has 1 atom stereocenters. The summed E-state index contributed by atoms with van der Waals surface area (Å²) in [5.41, 5.74) is 5.85. The molecule has 0 aliphatic heterocycles. The van der Waals surface area contributed by atoms with E-state index in [-0.39, 0.29) is 18.4 Å². The van der Waals surface area contributed by atoms with Gasteiger partial charge < -0.3 is 30.9 Å². The molecule has 0 aromatic rings. The molecular weight excluding hydrogens is 538 g/mol. The van der Waals surface area contributed by atoms with Crippen molar-refractivity contribution >= 4 is 23.6 Å². The highest BCUT2D eigenvalue weighted by Gasteiger charge is 2.11. The number of nitrogens with one attached hydrogen (secondary N) is 2. The van der Waals surface area contributed by atoms with Crippen molar-refractivity contribution in [2.45, 2.75) is 141 Å². The predicted molar refractivity (Wildman–Crippen MR) is 166 cm³/mol. The van der Waals surface area contributed by atoms with E-state index < -0.39 is 12.0 Å². The topological polar surface area (TPSA) is 157 Å².